The first-order chi connectivity index (χ1) is 8.79. The maximum Gasteiger partial charge on any atom is 0.326 e. The molecule has 1 heterocycles. The van der Waals surface area contributed by atoms with E-state index < -0.39 is 29.4 Å². The fraction of sp³-hybridized carbons (Fsp3) is 0.538. The van der Waals surface area contributed by atoms with Crippen LogP contribution >= 0.6 is 0 Å². The maximum absolute atomic E-state index is 13.3. The molecule has 19 heavy (non-hydrogen) atoms. The molecule has 0 spiro atoms. The van der Waals surface area contributed by atoms with Crippen molar-refractivity contribution in [1.29, 1.82) is 0 Å². The molecule has 1 saturated heterocycles. The van der Waals surface area contributed by atoms with Crippen molar-refractivity contribution in [3.05, 3.63) is 24.3 Å². The van der Waals surface area contributed by atoms with Crippen LogP contribution in [-0.4, -0.2) is 40.4 Å². The molecule has 1 N–H and O–H groups in total. The van der Waals surface area contributed by atoms with E-state index in [1.807, 2.05) is 0 Å². The normalized spacial score (nSPS) is 21.1. The number of amides is 1. The number of likely N-dealkylation sites (tertiary alicyclic amines) is 1. The molecule has 0 aliphatic carbocycles. The van der Waals surface area contributed by atoms with Crippen LogP contribution in [0, 0.1) is 0 Å². The summed E-state index contributed by atoms with van der Waals surface area (Å²) in [6.07, 6.45) is 3.00. The van der Waals surface area contributed by atoms with Gasteiger partial charge in [0.15, 0.2) is 0 Å². The van der Waals surface area contributed by atoms with E-state index in [1.54, 1.807) is 0 Å². The summed E-state index contributed by atoms with van der Waals surface area (Å²) in [5.74, 6) is -5.05. The molecule has 0 radical (unpaired) electrons. The van der Waals surface area contributed by atoms with Crippen LogP contribution < -0.4 is 0 Å². The van der Waals surface area contributed by atoms with Crippen molar-refractivity contribution in [1.82, 2.24) is 4.90 Å². The van der Waals surface area contributed by atoms with E-state index in [2.05, 4.69) is 6.58 Å². The fourth-order valence-corrected chi connectivity index (χ4v) is 1.98. The number of alkyl halides is 2. The third kappa shape index (κ3) is 3.62. The quantitative estimate of drug-likeness (QED) is 0.631. The Morgan fingerprint density at radius 1 is 1.42 bits per heavy atom. The molecule has 0 aromatic rings. The molecule has 1 atom stereocenters. The number of hydrogen-bond acceptors (Lipinski definition) is 2. The van der Waals surface area contributed by atoms with E-state index >= 15 is 0 Å². The molecule has 0 aromatic heterocycles. The Bertz CT molecular complexity index is 418. The minimum Gasteiger partial charge on any atom is -0.480 e. The van der Waals surface area contributed by atoms with Gasteiger partial charge in [0.25, 0.3) is 5.92 Å². The summed E-state index contributed by atoms with van der Waals surface area (Å²) in [7, 11) is 0. The molecular weight excluding hydrogens is 256 g/mol. The summed E-state index contributed by atoms with van der Waals surface area (Å²) in [6, 6.07) is -0.928. The Morgan fingerprint density at radius 3 is 2.58 bits per heavy atom. The summed E-state index contributed by atoms with van der Waals surface area (Å²) in [5.41, 5.74) is -0.442. The van der Waals surface area contributed by atoms with Gasteiger partial charge in [-0.05, 0) is 32.3 Å². The topological polar surface area (TPSA) is 57.6 Å². The molecule has 0 bridgehead atoms. The standard InChI is InChI=1S/C13H17F2NO3/c1-3-13(14,15)9(2)8-11(17)16-7-5-4-6-10(16)12(18)19/h3,8,10H,1,4-7H2,2H3,(H,18,19)/b9-8+. The second-order valence-corrected chi connectivity index (χ2v) is 4.54. The average Bonchev–Trinajstić information content (AvgIpc) is 2.38. The number of aliphatic carboxylic acids is 1. The smallest absolute Gasteiger partial charge is 0.326 e. The minimum atomic E-state index is -3.26. The summed E-state index contributed by atoms with van der Waals surface area (Å²) >= 11 is 0. The number of piperidine rings is 1. The van der Waals surface area contributed by atoms with Crippen LogP contribution in [0.2, 0.25) is 0 Å². The van der Waals surface area contributed by atoms with Crippen LogP contribution in [0.5, 0.6) is 0 Å². The fourth-order valence-electron chi connectivity index (χ4n) is 1.98. The maximum atomic E-state index is 13.3. The number of carboxylic acids is 1. The van der Waals surface area contributed by atoms with E-state index in [4.69, 9.17) is 5.11 Å². The van der Waals surface area contributed by atoms with Gasteiger partial charge in [0.2, 0.25) is 5.91 Å². The number of hydrogen-bond donors (Lipinski definition) is 1. The lowest BCUT2D eigenvalue weighted by Crippen LogP contribution is -2.47. The molecule has 6 heteroatoms. The monoisotopic (exact) mass is 273 g/mol. The molecule has 1 aliphatic heterocycles. The number of nitrogens with zero attached hydrogens (tertiary/aromatic N) is 1. The highest BCUT2D eigenvalue weighted by Gasteiger charge is 2.33. The van der Waals surface area contributed by atoms with Gasteiger partial charge in [-0.2, -0.15) is 8.78 Å². The molecule has 1 aliphatic rings. The van der Waals surface area contributed by atoms with Crippen molar-refractivity contribution in [2.75, 3.05) is 6.54 Å². The van der Waals surface area contributed by atoms with Gasteiger partial charge in [-0.1, -0.05) is 6.58 Å². The number of allylic oxidation sites excluding steroid dienone is 2. The predicted octanol–water partition coefficient (Wildman–Crippen LogP) is 2.22. The highest BCUT2D eigenvalue weighted by Crippen LogP contribution is 2.25. The lowest BCUT2D eigenvalue weighted by Gasteiger charge is -2.32. The van der Waals surface area contributed by atoms with Crippen molar-refractivity contribution in [3.8, 4) is 0 Å². The first kappa shape index (κ1) is 15.3. The Kier molecular flexibility index (Phi) is 4.80. The first-order valence-corrected chi connectivity index (χ1v) is 6.03. The molecule has 1 unspecified atom stereocenters. The average molecular weight is 273 g/mol. The lowest BCUT2D eigenvalue weighted by molar-refractivity contribution is -0.150. The molecule has 1 rings (SSSR count). The summed E-state index contributed by atoms with van der Waals surface area (Å²) in [6.45, 7) is 4.41. The molecule has 4 nitrogen and oxygen atoms in total. The second-order valence-electron chi connectivity index (χ2n) is 4.54. The van der Waals surface area contributed by atoms with Gasteiger partial charge in [0.1, 0.15) is 6.04 Å². The number of carbonyl (C=O) groups excluding carboxylic acids is 1. The number of carbonyl (C=O) groups is 2. The zero-order valence-corrected chi connectivity index (χ0v) is 10.7. The van der Waals surface area contributed by atoms with E-state index in [1.165, 1.54) is 0 Å². The van der Waals surface area contributed by atoms with Crippen LogP contribution in [0.3, 0.4) is 0 Å². The Labute approximate surface area is 110 Å². The van der Waals surface area contributed by atoms with Crippen LogP contribution in [0.4, 0.5) is 8.78 Å². The van der Waals surface area contributed by atoms with Gasteiger partial charge in [-0.15, -0.1) is 0 Å². The highest BCUT2D eigenvalue weighted by atomic mass is 19.3. The third-order valence-corrected chi connectivity index (χ3v) is 3.19. The largest absolute Gasteiger partial charge is 0.480 e. The first-order valence-electron chi connectivity index (χ1n) is 6.03. The van der Waals surface area contributed by atoms with Crippen LogP contribution in [0.25, 0.3) is 0 Å². The van der Waals surface area contributed by atoms with Crippen LogP contribution in [-0.2, 0) is 9.59 Å². The van der Waals surface area contributed by atoms with Crippen molar-refractivity contribution in [3.63, 3.8) is 0 Å². The molecule has 1 amide bonds. The van der Waals surface area contributed by atoms with Gasteiger partial charge >= 0.3 is 5.97 Å². The van der Waals surface area contributed by atoms with E-state index in [9.17, 15) is 18.4 Å². The Morgan fingerprint density at radius 2 is 2.05 bits per heavy atom. The molecule has 0 saturated carbocycles. The zero-order chi connectivity index (χ0) is 14.6. The lowest BCUT2D eigenvalue weighted by atomic mass is 10.0. The number of rotatable bonds is 4. The van der Waals surface area contributed by atoms with Crippen molar-refractivity contribution < 1.29 is 23.5 Å². The van der Waals surface area contributed by atoms with E-state index in [-0.39, 0.29) is 6.54 Å². The number of halogens is 2. The Balaban J connectivity index is 2.89. The molecule has 106 valence electrons. The predicted molar refractivity (Wildman–Crippen MR) is 65.9 cm³/mol. The van der Waals surface area contributed by atoms with Gasteiger partial charge in [-0.3, -0.25) is 4.79 Å². The van der Waals surface area contributed by atoms with Gasteiger partial charge in [-0.25, -0.2) is 4.79 Å². The van der Waals surface area contributed by atoms with E-state index in [0.29, 0.717) is 25.3 Å². The van der Waals surface area contributed by atoms with E-state index in [0.717, 1.165) is 17.9 Å². The molecule has 0 aromatic carbocycles. The minimum absolute atomic E-state index is 0.277. The molecule has 1 fully saturated rings. The van der Waals surface area contributed by atoms with Crippen LogP contribution in [0.1, 0.15) is 26.2 Å². The van der Waals surface area contributed by atoms with Crippen LogP contribution in [0.15, 0.2) is 24.3 Å². The highest BCUT2D eigenvalue weighted by molar-refractivity contribution is 5.92. The summed E-state index contributed by atoms with van der Waals surface area (Å²) < 4.78 is 26.5. The third-order valence-electron chi connectivity index (χ3n) is 3.19. The zero-order valence-electron chi connectivity index (χ0n) is 10.7. The Hall–Kier alpha value is -1.72. The molecular formula is C13H17F2NO3. The SMILES string of the molecule is C=CC(F)(F)/C(C)=C/C(=O)N1CCCCC1C(=O)O. The second kappa shape index (κ2) is 5.95. The number of carboxylic acid groups (broad SMARTS) is 1. The van der Waals surface area contributed by atoms with Crippen molar-refractivity contribution >= 4 is 11.9 Å². The van der Waals surface area contributed by atoms with Gasteiger partial charge in [0.05, 0.1) is 0 Å². The summed E-state index contributed by atoms with van der Waals surface area (Å²) in [5, 5.41) is 9.02. The van der Waals surface area contributed by atoms with Crippen molar-refractivity contribution in [2.45, 2.75) is 38.2 Å². The summed E-state index contributed by atoms with van der Waals surface area (Å²) in [4.78, 5) is 24.1. The van der Waals surface area contributed by atoms with Gasteiger partial charge in [0, 0.05) is 18.2 Å². The van der Waals surface area contributed by atoms with Gasteiger partial charge < -0.3 is 10.0 Å². The van der Waals surface area contributed by atoms with Crippen molar-refractivity contribution in [2.24, 2.45) is 0 Å².